The molecule has 0 atom stereocenters. The standard InChI is InChI=1S/C14H16N4O3/c1-2-15-11(19)7-8-16-14(21)12-9-5-3-4-6-10(9)13(20)18-17-12/h3-6H,2,7-8H2,1H3,(H,15,19)(H,16,21)(H,18,20). The molecule has 0 aliphatic heterocycles. The summed E-state index contributed by atoms with van der Waals surface area (Å²) in [6, 6.07) is 6.74. The Bertz CT molecular complexity index is 723. The number of carbonyl (C=O) groups is 2. The summed E-state index contributed by atoms with van der Waals surface area (Å²) in [6.07, 6.45) is 0.195. The number of amides is 2. The minimum absolute atomic E-state index is 0.128. The van der Waals surface area contributed by atoms with Gasteiger partial charge in [0.25, 0.3) is 11.5 Å². The highest BCUT2D eigenvalue weighted by molar-refractivity contribution is 6.04. The lowest BCUT2D eigenvalue weighted by molar-refractivity contribution is -0.120. The summed E-state index contributed by atoms with van der Waals surface area (Å²) in [5, 5.41) is 12.2. The first-order valence-corrected chi connectivity index (χ1v) is 6.65. The summed E-state index contributed by atoms with van der Waals surface area (Å²) < 4.78 is 0. The molecule has 0 saturated heterocycles. The molecule has 0 bridgehead atoms. The van der Waals surface area contributed by atoms with Crippen LogP contribution in [-0.2, 0) is 4.79 Å². The van der Waals surface area contributed by atoms with Crippen molar-refractivity contribution in [2.24, 2.45) is 0 Å². The minimum Gasteiger partial charge on any atom is -0.356 e. The van der Waals surface area contributed by atoms with E-state index in [1.165, 1.54) is 0 Å². The van der Waals surface area contributed by atoms with Crippen molar-refractivity contribution in [1.82, 2.24) is 20.8 Å². The summed E-state index contributed by atoms with van der Waals surface area (Å²) in [4.78, 5) is 35.0. The maximum atomic E-state index is 12.1. The van der Waals surface area contributed by atoms with E-state index >= 15 is 0 Å². The zero-order valence-corrected chi connectivity index (χ0v) is 11.6. The van der Waals surface area contributed by atoms with E-state index in [2.05, 4.69) is 20.8 Å². The second-order valence-corrected chi connectivity index (χ2v) is 4.41. The molecule has 0 aliphatic carbocycles. The fourth-order valence-electron chi connectivity index (χ4n) is 1.95. The molecule has 0 aliphatic rings. The summed E-state index contributed by atoms with van der Waals surface area (Å²) >= 11 is 0. The van der Waals surface area contributed by atoms with Gasteiger partial charge in [0.2, 0.25) is 5.91 Å². The number of carbonyl (C=O) groups excluding carboxylic acids is 2. The molecule has 7 heteroatoms. The fraction of sp³-hybridized carbons (Fsp3) is 0.286. The zero-order valence-electron chi connectivity index (χ0n) is 11.6. The molecule has 7 nitrogen and oxygen atoms in total. The van der Waals surface area contributed by atoms with Gasteiger partial charge in [-0.2, -0.15) is 5.10 Å². The van der Waals surface area contributed by atoms with Gasteiger partial charge in [-0.1, -0.05) is 18.2 Å². The van der Waals surface area contributed by atoms with Gasteiger partial charge in [-0.05, 0) is 13.0 Å². The van der Waals surface area contributed by atoms with Crippen molar-refractivity contribution in [3.8, 4) is 0 Å². The Morgan fingerprint density at radius 1 is 1.19 bits per heavy atom. The molecule has 2 rings (SSSR count). The maximum absolute atomic E-state index is 12.1. The molecule has 0 unspecified atom stereocenters. The van der Waals surface area contributed by atoms with Gasteiger partial charge in [0.1, 0.15) is 0 Å². The predicted molar refractivity (Wildman–Crippen MR) is 78.0 cm³/mol. The maximum Gasteiger partial charge on any atom is 0.272 e. The van der Waals surface area contributed by atoms with Crippen molar-refractivity contribution < 1.29 is 9.59 Å². The lowest BCUT2D eigenvalue weighted by Gasteiger charge is -2.06. The van der Waals surface area contributed by atoms with Gasteiger partial charge in [-0.3, -0.25) is 14.4 Å². The van der Waals surface area contributed by atoms with Crippen LogP contribution >= 0.6 is 0 Å². The van der Waals surface area contributed by atoms with Crippen molar-refractivity contribution in [3.05, 3.63) is 40.3 Å². The van der Waals surface area contributed by atoms with E-state index in [0.717, 1.165) is 0 Å². The van der Waals surface area contributed by atoms with Gasteiger partial charge in [0.05, 0.1) is 5.39 Å². The molecule has 2 amide bonds. The summed E-state index contributed by atoms with van der Waals surface area (Å²) in [6.45, 7) is 2.59. The Balaban J connectivity index is 2.12. The van der Waals surface area contributed by atoms with Crippen LogP contribution in [0.15, 0.2) is 29.1 Å². The molecular formula is C14H16N4O3. The summed E-state index contributed by atoms with van der Waals surface area (Å²) in [7, 11) is 0. The Hall–Kier alpha value is -2.70. The van der Waals surface area contributed by atoms with Crippen LogP contribution in [0.1, 0.15) is 23.8 Å². The van der Waals surface area contributed by atoms with Crippen LogP contribution in [0.3, 0.4) is 0 Å². The first-order chi connectivity index (χ1) is 10.1. The molecule has 0 fully saturated rings. The number of H-pyrrole nitrogens is 1. The normalized spacial score (nSPS) is 10.3. The van der Waals surface area contributed by atoms with Gasteiger partial charge < -0.3 is 10.6 Å². The van der Waals surface area contributed by atoms with E-state index < -0.39 is 5.91 Å². The quantitative estimate of drug-likeness (QED) is 0.730. The van der Waals surface area contributed by atoms with Gasteiger partial charge in [-0.15, -0.1) is 0 Å². The number of rotatable bonds is 5. The zero-order chi connectivity index (χ0) is 15.2. The van der Waals surface area contributed by atoms with Crippen molar-refractivity contribution in [2.75, 3.05) is 13.1 Å². The van der Waals surface area contributed by atoms with E-state index in [4.69, 9.17) is 0 Å². The SMILES string of the molecule is CCNC(=O)CCNC(=O)c1n[nH]c(=O)c2ccccc12. The average Bonchev–Trinajstić information content (AvgIpc) is 2.48. The number of aromatic nitrogens is 2. The van der Waals surface area contributed by atoms with Crippen LogP contribution in [-0.4, -0.2) is 35.1 Å². The van der Waals surface area contributed by atoms with E-state index in [9.17, 15) is 14.4 Å². The lowest BCUT2D eigenvalue weighted by atomic mass is 10.1. The number of aromatic amines is 1. The highest BCUT2D eigenvalue weighted by Crippen LogP contribution is 2.11. The Kier molecular flexibility index (Phi) is 4.65. The van der Waals surface area contributed by atoms with Gasteiger partial charge >= 0.3 is 0 Å². The molecule has 3 N–H and O–H groups in total. The molecule has 0 spiro atoms. The molecule has 2 aromatic rings. The Labute approximate surface area is 120 Å². The first kappa shape index (κ1) is 14.7. The van der Waals surface area contributed by atoms with Gasteiger partial charge in [0, 0.05) is 24.9 Å². The number of nitrogens with zero attached hydrogens (tertiary/aromatic N) is 1. The Morgan fingerprint density at radius 3 is 2.62 bits per heavy atom. The lowest BCUT2D eigenvalue weighted by Crippen LogP contribution is -2.31. The summed E-state index contributed by atoms with van der Waals surface area (Å²) in [5.74, 6) is -0.552. The van der Waals surface area contributed by atoms with E-state index in [1.54, 1.807) is 24.3 Å². The predicted octanol–water partition coefficient (Wildman–Crippen LogP) is 0.179. The highest BCUT2D eigenvalue weighted by Gasteiger charge is 2.13. The van der Waals surface area contributed by atoms with Crippen molar-refractivity contribution in [1.29, 1.82) is 0 Å². The number of benzene rings is 1. The third-order valence-electron chi connectivity index (χ3n) is 2.92. The highest BCUT2D eigenvalue weighted by atomic mass is 16.2. The van der Waals surface area contributed by atoms with E-state index in [1.807, 2.05) is 6.92 Å². The van der Waals surface area contributed by atoms with Gasteiger partial charge in [-0.25, -0.2) is 5.10 Å². The third kappa shape index (κ3) is 3.44. The fourth-order valence-corrected chi connectivity index (χ4v) is 1.95. The monoisotopic (exact) mass is 288 g/mol. The van der Waals surface area contributed by atoms with Gasteiger partial charge in [0.15, 0.2) is 5.69 Å². The van der Waals surface area contributed by atoms with Crippen molar-refractivity contribution >= 4 is 22.6 Å². The first-order valence-electron chi connectivity index (χ1n) is 6.65. The number of hydrogen-bond donors (Lipinski definition) is 3. The van der Waals surface area contributed by atoms with Crippen LogP contribution in [0.2, 0.25) is 0 Å². The average molecular weight is 288 g/mol. The van der Waals surface area contributed by atoms with E-state index in [-0.39, 0.29) is 30.1 Å². The topological polar surface area (TPSA) is 104 Å². The number of hydrogen-bond acceptors (Lipinski definition) is 4. The second kappa shape index (κ2) is 6.65. The smallest absolute Gasteiger partial charge is 0.272 e. The van der Waals surface area contributed by atoms with Crippen molar-refractivity contribution in [2.45, 2.75) is 13.3 Å². The molecule has 1 aromatic heterocycles. The van der Waals surface area contributed by atoms with Crippen molar-refractivity contribution in [3.63, 3.8) is 0 Å². The third-order valence-corrected chi connectivity index (χ3v) is 2.92. The number of fused-ring (bicyclic) bond motifs is 1. The molecule has 21 heavy (non-hydrogen) atoms. The number of nitrogens with one attached hydrogen (secondary N) is 3. The minimum atomic E-state index is -0.424. The summed E-state index contributed by atoms with van der Waals surface area (Å²) in [5.41, 5.74) is -0.203. The molecular weight excluding hydrogens is 272 g/mol. The molecule has 0 saturated carbocycles. The van der Waals surface area contributed by atoms with Crippen LogP contribution in [0.4, 0.5) is 0 Å². The van der Waals surface area contributed by atoms with Crippen LogP contribution in [0, 0.1) is 0 Å². The Morgan fingerprint density at radius 2 is 1.90 bits per heavy atom. The van der Waals surface area contributed by atoms with Crippen LogP contribution < -0.4 is 16.2 Å². The second-order valence-electron chi connectivity index (χ2n) is 4.41. The largest absolute Gasteiger partial charge is 0.356 e. The molecule has 1 heterocycles. The molecule has 0 radical (unpaired) electrons. The van der Waals surface area contributed by atoms with Crippen LogP contribution in [0.25, 0.3) is 10.8 Å². The van der Waals surface area contributed by atoms with E-state index in [0.29, 0.717) is 17.3 Å². The van der Waals surface area contributed by atoms with Crippen LogP contribution in [0.5, 0.6) is 0 Å². The molecule has 1 aromatic carbocycles. The molecule has 110 valence electrons.